The summed E-state index contributed by atoms with van der Waals surface area (Å²) in [6.07, 6.45) is 1.10. The third-order valence-corrected chi connectivity index (χ3v) is 3.56. The average molecular weight is 348 g/mol. The predicted octanol–water partition coefficient (Wildman–Crippen LogP) is 3.83. The minimum Gasteiger partial charge on any atom is -0.494 e. The van der Waals surface area contributed by atoms with Crippen LogP contribution in [-0.4, -0.2) is 25.7 Å². The maximum atomic E-state index is 11.7. The molecule has 2 aromatic carbocycles. The Morgan fingerprint density at radius 3 is 2.50 bits per heavy atom. The van der Waals surface area contributed by atoms with Gasteiger partial charge in [-0.3, -0.25) is 4.79 Å². The van der Waals surface area contributed by atoms with Gasteiger partial charge in [0.15, 0.2) is 0 Å². The van der Waals surface area contributed by atoms with Crippen LogP contribution in [0.3, 0.4) is 0 Å². The van der Waals surface area contributed by atoms with E-state index in [1.54, 1.807) is 12.1 Å². The molecule has 0 unspecified atom stereocenters. The summed E-state index contributed by atoms with van der Waals surface area (Å²) in [6.45, 7) is 2.08. The average Bonchev–Trinajstić information content (AvgIpc) is 2.61. The van der Waals surface area contributed by atoms with Gasteiger partial charge in [-0.25, -0.2) is 0 Å². The molecule has 0 saturated carbocycles. The van der Waals surface area contributed by atoms with Crippen LogP contribution in [0.1, 0.15) is 18.4 Å². The van der Waals surface area contributed by atoms with E-state index in [0.29, 0.717) is 44.2 Å². The van der Waals surface area contributed by atoms with Crippen LogP contribution >= 0.6 is 11.6 Å². The summed E-state index contributed by atoms with van der Waals surface area (Å²) in [5, 5.41) is 3.52. The first-order chi connectivity index (χ1) is 11.7. The Kier molecular flexibility index (Phi) is 8.15. The molecule has 0 heterocycles. The zero-order chi connectivity index (χ0) is 17.0. The van der Waals surface area contributed by atoms with Crippen molar-refractivity contribution in [3.8, 4) is 5.75 Å². The van der Waals surface area contributed by atoms with E-state index in [9.17, 15) is 4.79 Å². The van der Waals surface area contributed by atoms with E-state index in [1.807, 2.05) is 42.5 Å². The molecule has 0 atom stereocenters. The predicted molar refractivity (Wildman–Crippen MR) is 95.3 cm³/mol. The van der Waals surface area contributed by atoms with Crippen LogP contribution in [-0.2, 0) is 16.1 Å². The molecule has 0 aliphatic carbocycles. The third kappa shape index (κ3) is 7.49. The van der Waals surface area contributed by atoms with Crippen LogP contribution in [0.15, 0.2) is 54.6 Å². The molecule has 24 heavy (non-hydrogen) atoms. The fourth-order valence-electron chi connectivity index (χ4n) is 2.07. The van der Waals surface area contributed by atoms with Gasteiger partial charge >= 0.3 is 0 Å². The van der Waals surface area contributed by atoms with E-state index in [4.69, 9.17) is 21.1 Å². The fraction of sp³-hybridized carbons (Fsp3) is 0.316. The summed E-state index contributed by atoms with van der Waals surface area (Å²) in [4.78, 5) is 11.7. The Hall–Kier alpha value is -2.04. The summed E-state index contributed by atoms with van der Waals surface area (Å²) >= 11 is 5.80. The molecule has 1 N–H and O–H groups in total. The van der Waals surface area contributed by atoms with Gasteiger partial charge in [-0.15, -0.1) is 0 Å². The first kappa shape index (κ1) is 18.3. The summed E-state index contributed by atoms with van der Waals surface area (Å²) < 4.78 is 11.1. The lowest BCUT2D eigenvalue weighted by Gasteiger charge is -2.08. The lowest BCUT2D eigenvalue weighted by Crippen LogP contribution is -2.27. The van der Waals surface area contributed by atoms with Crippen LogP contribution in [0, 0.1) is 0 Å². The number of carbonyl (C=O) groups excluding carboxylic acids is 1. The molecule has 0 bridgehead atoms. The SMILES string of the molecule is O=C(CCCOc1ccc(Cl)cc1)NCCOCc1ccccc1. The summed E-state index contributed by atoms with van der Waals surface area (Å²) in [5.74, 6) is 0.770. The van der Waals surface area contributed by atoms with Crippen molar-refractivity contribution in [3.63, 3.8) is 0 Å². The molecular weight excluding hydrogens is 326 g/mol. The molecule has 0 fully saturated rings. The van der Waals surface area contributed by atoms with E-state index in [-0.39, 0.29) is 5.91 Å². The smallest absolute Gasteiger partial charge is 0.220 e. The Bertz CT molecular complexity index is 602. The molecule has 4 nitrogen and oxygen atoms in total. The highest BCUT2D eigenvalue weighted by atomic mass is 35.5. The van der Waals surface area contributed by atoms with Crippen LogP contribution < -0.4 is 10.1 Å². The number of ether oxygens (including phenoxy) is 2. The number of amides is 1. The summed E-state index contributed by atoms with van der Waals surface area (Å²) in [5.41, 5.74) is 1.13. The number of hydrogen-bond acceptors (Lipinski definition) is 3. The second kappa shape index (κ2) is 10.7. The molecule has 0 aromatic heterocycles. The molecule has 0 radical (unpaired) electrons. The molecule has 0 spiro atoms. The standard InChI is InChI=1S/C19H22ClNO3/c20-17-8-10-18(11-9-17)24-13-4-7-19(22)21-12-14-23-15-16-5-2-1-3-6-16/h1-3,5-6,8-11H,4,7,12-15H2,(H,21,22). The highest BCUT2D eigenvalue weighted by Crippen LogP contribution is 2.15. The van der Waals surface area contributed by atoms with Gasteiger partial charge in [0, 0.05) is 18.0 Å². The zero-order valence-corrected chi connectivity index (χ0v) is 14.3. The summed E-state index contributed by atoms with van der Waals surface area (Å²) in [7, 11) is 0. The molecule has 128 valence electrons. The second-order valence-corrected chi connectivity index (χ2v) is 5.73. The highest BCUT2D eigenvalue weighted by molar-refractivity contribution is 6.30. The summed E-state index contributed by atoms with van der Waals surface area (Å²) in [6, 6.07) is 17.1. The number of benzene rings is 2. The minimum atomic E-state index is 0.0121. The van der Waals surface area contributed by atoms with Gasteiger partial charge in [0.1, 0.15) is 5.75 Å². The molecule has 2 rings (SSSR count). The van der Waals surface area contributed by atoms with Gasteiger partial charge < -0.3 is 14.8 Å². The first-order valence-electron chi connectivity index (χ1n) is 8.01. The topological polar surface area (TPSA) is 47.6 Å². The lowest BCUT2D eigenvalue weighted by molar-refractivity contribution is -0.121. The molecule has 5 heteroatoms. The zero-order valence-electron chi connectivity index (χ0n) is 13.5. The number of hydrogen-bond donors (Lipinski definition) is 1. The molecule has 0 saturated heterocycles. The third-order valence-electron chi connectivity index (χ3n) is 3.31. The lowest BCUT2D eigenvalue weighted by atomic mass is 10.2. The van der Waals surface area contributed by atoms with E-state index >= 15 is 0 Å². The molecule has 2 aromatic rings. The van der Waals surface area contributed by atoms with Crippen molar-refractivity contribution in [1.82, 2.24) is 5.32 Å². The van der Waals surface area contributed by atoms with Crippen LogP contribution in [0.2, 0.25) is 5.02 Å². The Labute approximate surface area is 147 Å². The van der Waals surface area contributed by atoms with Crippen molar-refractivity contribution >= 4 is 17.5 Å². The normalized spacial score (nSPS) is 10.4. The number of carbonyl (C=O) groups is 1. The maximum absolute atomic E-state index is 11.7. The molecular formula is C19H22ClNO3. The van der Waals surface area contributed by atoms with Crippen molar-refractivity contribution in [3.05, 3.63) is 65.2 Å². The van der Waals surface area contributed by atoms with E-state index in [2.05, 4.69) is 5.32 Å². The van der Waals surface area contributed by atoms with Crippen molar-refractivity contribution in [1.29, 1.82) is 0 Å². The molecule has 0 aliphatic heterocycles. The maximum Gasteiger partial charge on any atom is 0.220 e. The van der Waals surface area contributed by atoms with E-state index < -0.39 is 0 Å². The van der Waals surface area contributed by atoms with Crippen molar-refractivity contribution in [2.45, 2.75) is 19.4 Å². The largest absolute Gasteiger partial charge is 0.494 e. The van der Waals surface area contributed by atoms with Gasteiger partial charge in [-0.05, 0) is 36.2 Å². The minimum absolute atomic E-state index is 0.0121. The molecule has 0 aliphatic rings. The monoisotopic (exact) mass is 347 g/mol. The van der Waals surface area contributed by atoms with Crippen molar-refractivity contribution < 1.29 is 14.3 Å². The Balaban J connectivity index is 1.47. The van der Waals surface area contributed by atoms with E-state index in [1.165, 1.54) is 0 Å². The van der Waals surface area contributed by atoms with Gasteiger partial charge in [0.2, 0.25) is 5.91 Å². The van der Waals surface area contributed by atoms with Crippen molar-refractivity contribution in [2.24, 2.45) is 0 Å². The van der Waals surface area contributed by atoms with Gasteiger partial charge in [0.25, 0.3) is 0 Å². The quantitative estimate of drug-likeness (QED) is 0.664. The fourth-order valence-corrected chi connectivity index (χ4v) is 2.19. The highest BCUT2D eigenvalue weighted by Gasteiger charge is 2.01. The Morgan fingerprint density at radius 1 is 1.00 bits per heavy atom. The van der Waals surface area contributed by atoms with Gasteiger partial charge in [-0.2, -0.15) is 0 Å². The number of halogens is 1. The van der Waals surface area contributed by atoms with Crippen LogP contribution in [0.5, 0.6) is 5.75 Å². The van der Waals surface area contributed by atoms with E-state index in [0.717, 1.165) is 11.3 Å². The van der Waals surface area contributed by atoms with Crippen LogP contribution in [0.25, 0.3) is 0 Å². The molecule has 1 amide bonds. The van der Waals surface area contributed by atoms with Gasteiger partial charge in [0.05, 0.1) is 19.8 Å². The Morgan fingerprint density at radius 2 is 1.75 bits per heavy atom. The first-order valence-corrected chi connectivity index (χ1v) is 8.38. The number of rotatable bonds is 10. The van der Waals surface area contributed by atoms with Crippen molar-refractivity contribution in [2.75, 3.05) is 19.8 Å². The second-order valence-electron chi connectivity index (χ2n) is 5.29. The van der Waals surface area contributed by atoms with Crippen LogP contribution in [0.4, 0.5) is 0 Å². The van der Waals surface area contributed by atoms with Gasteiger partial charge in [-0.1, -0.05) is 41.9 Å². The number of nitrogens with one attached hydrogen (secondary N) is 1.